The van der Waals surface area contributed by atoms with Gasteiger partial charge < -0.3 is 25.3 Å². The van der Waals surface area contributed by atoms with Crippen LogP contribution in [0.2, 0.25) is 0 Å². The molecule has 0 spiro atoms. The number of aromatic amines is 1. The molecule has 0 saturated carbocycles. The normalized spacial score (nSPS) is 20.7. The molecule has 8 nitrogen and oxygen atoms in total. The molecule has 1 saturated heterocycles. The van der Waals surface area contributed by atoms with Gasteiger partial charge in [-0.2, -0.15) is 0 Å². The number of methoxy groups -OCH3 is 1. The molecule has 5 rings (SSSR count). The first kappa shape index (κ1) is 16.9. The smallest absolute Gasteiger partial charge is 0.255 e. The first-order valence-corrected chi connectivity index (χ1v) is 9.39. The average molecular weight is 378 g/mol. The summed E-state index contributed by atoms with van der Waals surface area (Å²) in [5, 5.41) is 7.47. The van der Waals surface area contributed by atoms with Gasteiger partial charge in [-0.15, -0.1) is 0 Å². The Morgan fingerprint density at radius 1 is 1.36 bits per heavy atom. The molecule has 144 valence electrons. The fraction of sp³-hybridized carbons (Fsp3) is 0.350. The van der Waals surface area contributed by atoms with E-state index in [1.807, 2.05) is 25.3 Å². The first-order chi connectivity index (χ1) is 13.5. The number of benzene rings is 1. The second-order valence-electron chi connectivity index (χ2n) is 7.57. The number of carbonyl (C=O) groups is 1. The maximum atomic E-state index is 12.9. The predicted molar refractivity (Wildman–Crippen MR) is 107 cm³/mol. The van der Waals surface area contributed by atoms with E-state index < -0.39 is 0 Å². The summed E-state index contributed by atoms with van der Waals surface area (Å²) in [6, 6.07) is 3.87. The highest BCUT2D eigenvalue weighted by Crippen LogP contribution is 2.48. The minimum atomic E-state index is -0.384. The second-order valence-corrected chi connectivity index (χ2v) is 7.57. The number of nitrogens with zero attached hydrogens (tertiary/aromatic N) is 3. The molecule has 4 heterocycles. The zero-order valence-corrected chi connectivity index (χ0v) is 16.1. The molecule has 28 heavy (non-hydrogen) atoms. The van der Waals surface area contributed by atoms with Crippen LogP contribution in [0.4, 0.5) is 17.2 Å². The van der Waals surface area contributed by atoms with E-state index in [2.05, 4.69) is 37.4 Å². The molecular formula is C20H22N6O2. The molecule has 2 aromatic heterocycles. The van der Waals surface area contributed by atoms with Crippen LogP contribution < -0.4 is 20.3 Å². The molecule has 1 aromatic carbocycles. The summed E-state index contributed by atoms with van der Waals surface area (Å²) in [6.45, 7) is 4.90. The second kappa shape index (κ2) is 5.85. The number of fused-ring (bicyclic) bond motifs is 4. The zero-order valence-electron chi connectivity index (χ0n) is 16.1. The van der Waals surface area contributed by atoms with Crippen molar-refractivity contribution in [2.45, 2.75) is 32.4 Å². The van der Waals surface area contributed by atoms with Gasteiger partial charge >= 0.3 is 0 Å². The van der Waals surface area contributed by atoms with E-state index in [4.69, 9.17) is 4.74 Å². The van der Waals surface area contributed by atoms with Crippen molar-refractivity contribution in [2.24, 2.45) is 0 Å². The van der Waals surface area contributed by atoms with Crippen molar-refractivity contribution in [2.75, 3.05) is 23.9 Å². The molecule has 3 aromatic rings. The van der Waals surface area contributed by atoms with Gasteiger partial charge in [-0.25, -0.2) is 9.97 Å². The van der Waals surface area contributed by atoms with Crippen LogP contribution in [-0.4, -0.2) is 40.2 Å². The third-order valence-corrected chi connectivity index (χ3v) is 5.78. The Kier molecular flexibility index (Phi) is 3.52. The minimum Gasteiger partial charge on any atom is -0.492 e. The quantitative estimate of drug-likeness (QED) is 0.648. The van der Waals surface area contributed by atoms with E-state index in [1.165, 1.54) is 6.33 Å². The lowest BCUT2D eigenvalue weighted by atomic mass is 9.96. The van der Waals surface area contributed by atoms with Crippen molar-refractivity contribution in [3.05, 3.63) is 35.8 Å². The Labute approximate surface area is 162 Å². The highest BCUT2D eigenvalue weighted by molar-refractivity contribution is 6.07. The fourth-order valence-corrected chi connectivity index (χ4v) is 4.48. The summed E-state index contributed by atoms with van der Waals surface area (Å²) >= 11 is 0. The van der Waals surface area contributed by atoms with Crippen molar-refractivity contribution in [1.82, 2.24) is 20.3 Å². The van der Waals surface area contributed by atoms with E-state index in [9.17, 15) is 4.79 Å². The van der Waals surface area contributed by atoms with Gasteiger partial charge in [0.2, 0.25) is 0 Å². The molecule has 2 aliphatic heterocycles. The number of ether oxygens (including phenoxy) is 1. The average Bonchev–Trinajstić information content (AvgIpc) is 3.28. The van der Waals surface area contributed by atoms with Crippen LogP contribution in [0.5, 0.6) is 5.75 Å². The molecule has 1 fully saturated rings. The number of aromatic nitrogens is 3. The van der Waals surface area contributed by atoms with Gasteiger partial charge in [0, 0.05) is 12.7 Å². The van der Waals surface area contributed by atoms with Gasteiger partial charge in [0.15, 0.2) is 5.75 Å². The van der Waals surface area contributed by atoms with E-state index in [1.54, 1.807) is 7.11 Å². The lowest BCUT2D eigenvalue weighted by Gasteiger charge is -2.43. The Hall–Kier alpha value is -3.29. The Bertz CT molecular complexity index is 1110. The molecule has 1 amide bonds. The number of anilines is 3. The van der Waals surface area contributed by atoms with Crippen molar-refractivity contribution in [3.8, 4) is 5.75 Å². The summed E-state index contributed by atoms with van der Waals surface area (Å²) in [6.07, 6.45) is 5.28. The first-order valence-electron chi connectivity index (χ1n) is 9.39. The van der Waals surface area contributed by atoms with Crippen molar-refractivity contribution < 1.29 is 9.53 Å². The number of carbonyl (C=O) groups excluding carboxylic acids is 1. The number of hydrogen-bond donors (Lipinski definition) is 3. The van der Waals surface area contributed by atoms with Crippen LogP contribution in [-0.2, 0) is 0 Å². The molecule has 2 aliphatic rings. The highest BCUT2D eigenvalue weighted by atomic mass is 16.5. The van der Waals surface area contributed by atoms with Gasteiger partial charge in [0.25, 0.3) is 5.91 Å². The number of H-pyrrole nitrogens is 1. The van der Waals surface area contributed by atoms with Crippen LogP contribution in [0.15, 0.2) is 24.7 Å². The Balaban J connectivity index is 1.69. The van der Waals surface area contributed by atoms with Crippen molar-refractivity contribution in [1.29, 1.82) is 0 Å². The van der Waals surface area contributed by atoms with Crippen LogP contribution in [0.1, 0.15) is 35.7 Å². The van der Waals surface area contributed by atoms with E-state index >= 15 is 0 Å². The topological polar surface area (TPSA) is 95.2 Å². The minimum absolute atomic E-state index is 0.0481. The lowest BCUT2D eigenvalue weighted by Crippen LogP contribution is -2.59. The van der Waals surface area contributed by atoms with E-state index in [0.29, 0.717) is 17.1 Å². The van der Waals surface area contributed by atoms with Crippen molar-refractivity contribution >= 4 is 34.1 Å². The van der Waals surface area contributed by atoms with Crippen molar-refractivity contribution in [3.63, 3.8) is 0 Å². The van der Waals surface area contributed by atoms with Gasteiger partial charge in [0.05, 0.1) is 29.4 Å². The van der Waals surface area contributed by atoms with Gasteiger partial charge in [-0.3, -0.25) is 4.79 Å². The Morgan fingerprint density at radius 3 is 3.04 bits per heavy atom. The SMILES string of the molecule is COc1c(Nc2ncnc3[nH]ccc23)cc(C)c2c1N1CCCC1(C)NC2=O. The van der Waals surface area contributed by atoms with Crippen LogP contribution in [0, 0.1) is 6.92 Å². The number of aryl methyl sites for hydroxylation is 1. The highest BCUT2D eigenvalue weighted by Gasteiger charge is 2.46. The molecule has 0 bridgehead atoms. The van der Waals surface area contributed by atoms with Gasteiger partial charge in [-0.05, 0) is 44.4 Å². The summed E-state index contributed by atoms with van der Waals surface area (Å²) < 4.78 is 5.83. The lowest BCUT2D eigenvalue weighted by molar-refractivity contribution is 0.0895. The van der Waals surface area contributed by atoms with E-state index in [-0.39, 0.29) is 11.6 Å². The fourth-order valence-electron chi connectivity index (χ4n) is 4.48. The summed E-state index contributed by atoms with van der Waals surface area (Å²) in [4.78, 5) is 26.9. The number of amides is 1. The molecule has 8 heteroatoms. The largest absolute Gasteiger partial charge is 0.492 e. The maximum absolute atomic E-state index is 12.9. The summed E-state index contributed by atoms with van der Waals surface area (Å²) in [5.41, 5.74) is 3.58. The molecular weight excluding hydrogens is 356 g/mol. The third kappa shape index (κ3) is 2.27. The van der Waals surface area contributed by atoms with Gasteiger partial charge in [-0.1, -0.05) is 0 Å². The monoisotopic (exact) mass is 378 g/mol. The van der Waals surface area contributed by atoms with Crippen LogP contribution in [0.3, 0.4) is 0 Å². The molecule has 0 radical (unpaired) electrons. The standard InChI is InChI=1S/C20H22N6O2/c1-11-9-13(24-18-12-5-7-21-17(12)22-10-23-18)16(28-3)15-14(11)19(27)25-20(2)6-4-8-26(15)20/h5,7,9-10H,4,6,8H2,1-3H3,(H,25,27)(H2,21,22,23,24). The summed E-state index contributed by atoms with van der Waals surface area (Å²) in [7, 11) is 1.64. The predicted octanol–water partition coefficient (Wildman–Crippen LogP) is 3.08. The van der Waals surface area contributed by atoms with Gasteiger partial charge in [0.1, 0.15) is 23.5 Å². The molecule has 0 aliphatic carbocycles. The van der Waals surface area contributed by atoms with Crippen LogP contribution in [0.25, 0.3) is 11.0 Å². The third-order valence-electron chi connectivity index (χ3n) is 5.78. The summed E-state index contributed by atoms with van der Waals surface area (Å²) in [5.74, 6) is 1.30. The molecule has 3 N–H and O–H groups in total. The van der Waals surface area contributed by atoms with E-state index in [0.717, 1.165) is 47.4 Å². The molecule has 1 atom stereocenters. The number of nitrogens with one attached hydrogen (secondary N) is 3. The maximum Gasteiger partial charge on any atom is 0.255 e. The number of hydrogen-bond acceptors (Lipinski definition) is 6. The zero-order chi connectivity index (χ0) is 19.5. The molecule has 1 unspecified atom stereocenters. The number of rotatable bonds is 3. The Morgan fingerprint density at radius 2 is 2.21 bits per heavy atom. The van der Waals surface area contributed by atoms with Crippen LogP contribution >= 0.6 is 0 Å².